The van der Waals surface area contributed by atoms with E-state index in [1.807, 2.05) is 18.2 Å². The molecular formula is C13H18N4O2S2. The van der Waals surface area contributed by atoms with E-state index >= 15 is 0 Å². The van der Waals surface area contributed by atoms with E-state index in [2.05, 4.69) is 9.82 Å². The van der Waals surface area contributed by atoms with Crippen molar-refractivity contribution in [3.8, 4) is 0 Å². The Balaban J connectivity index is 1.82. The monoisotopic (exact) mass is 326 g/mol. The van der Waals surface area contributed by atoms with Gasteiger partial charge in [-0.3, -0.25) is 4.68 Å². The van der Waals surface area contributed by atoms with E-state index < -0.39 is 10.0 Å². The van der Waals surface area contributed by atoms with Crippen LogP contribution < -0.4 is 10.5 Å². The number of thioether (sulfide) groups is 1. The van der Waals surface area contributed by atoms with E-state index in [1.54, 1.807) is 30.1 Å². The van der Waals surface area contributed by atoms with Crippen LogP contribution >= 0.6 is 11.8 Å². The fraction of sp³-hybridized carbons (Fsp3) is 0.308. The van der Waals surface area contributed by atoms with Gasteiger partial charge < -0.3 is 5.73 Å². The van der Waals surface area contributed by atoms with Crippen LogP contribution in [-0.4, -0.2) is 29.7 Å². The molecule has 1 aromatic heterocycles. The third-order valence-corrected chi connectivity index (χ3v) is 5.60. The van der Waals surface area contributed by atoms with E-state index in [4.69, 9.17) is 5.73 Å². The summed E-state index contributed by atoms with van der Waals surface area (Å²) in [6.45, 7) is 0.247. The van der Waals surface area contributed by atoms with E-state index in [0.717, 1.165) is 10.6 Å². The highest BCUT2D eigenvalue weighted by Gasteiger charge is 2.11. The lowest BCUT2D eigenvalue weighted by molar-refractivity contribution is 0.578. The average molecular weight is 326 g/mol. The lowest BCUT2D eigenvalue weighted by atomic mass is 10.3. The molecule has 2 rings (SSSR count). The largest absolute Gasteiger partial charge is 0.398 e. The Hall–Kier alpha value is -1.51. The summed E-state index contributed by atoms with van der Waals surface area (Å²) in [4.78, 5) is 0.902. The van der Waals surface area contributed by atoms with Gasteiger partial charge in [0.1, 0.15) is 0 Å². The quantitative estimate of drug-likeness (QED) is 0.590. The highest BCUT2D eigenvalue weighted by molar-refractivity contribution is 8.00. The Kier molecular flexibility index (Phi) is 5.27. The second-order valence-corrected chi connectivity index (χ2v) is 7.54. The molecule has 0 saturated heterocycles. The minimum Gasteiger partial charge on any atom is -0.398 e. The maximum absolute atomic E-state index is 11.9. The molecule has 0 unspecified atom stereocenters. The minimum absolute atomic E-state index is 0.0455. The van der Waals surface area contributed by atoms with E-state index in [0.29, 0.717) is 11.4 Å². The summed E-state index contributed by atoms with van der Waals surface area (Å²) in [5, 5.41) is 3.99. The molecule has 2 aromatic rings. The summed E-state index contributed by atoms with van der Waals surface area (Å²) in [6.07, 6.45) is 1.64. The predicted molar refractivity (Wildman–Crippen MR) is 85.4 cm³/mol. The van der Waals surface area contributed by atoms with Gasteiger partial charge in [-0.1, -0.05) is 12.1 Å². The molecular weight excluding hydrogens is 308 g/mol. The van der Waals surface area contributed by atoms with Crippen molar-refractivity contribution in [1.29, 1.82) is 0 Å². The van der Waals surface area contributed by atoms with E-state index in [9.17, 15) is 8.42 Å². The van der Waals surface area contributed by atoms with Gasteiger partial charge in [-0.15, -0.1) is 11.8 Å². The van der Waals surface area contributed by atoms with E-state index in [-0.39, 0.29) is 12.3 Å². The first kappa shape index (κ1) is 15.9. The molecule has 6 nitrogen and oxygen atoms in total. The number of benzene rings is 1. The predicted octanol–water partition coefficient (Wildman–Crippen LogP) is 1.21. The number of anilines is 1. The first-order valence-corrected chi connectivity index (χ1v) is 9.03. The van der Waals surface area contributed by atoms with Gasteiger partial charge >= 0.3 is 0 Å². The zero-order valence-corrected chi connectivity index (χ0v) is 13.3. The summed E-state index contributed by atoms with van der Waals surface area (Å²) in [6, 6.07) is 9.20. The van der Waals surface area contributed by atoms with Crippen LogP contribution in [0.4, 0.5) is 5.69 Å². The molecule has 114 valence electrons. The van der Waals surface area contributed by atoms with Crippen molar-refractivity contribution in [2.45, 2.75) is 11.4 Å². The second kappa shape index (κ2) is 6.97. The van der Waals surface area contributed by atoms with Crippen molar-refractivity contribution >= 4 is 27.5 Å². The molecule has 0 atom stereocenters. The van der Waals surface area contributed by atoms with Crippen LogP contribution in [0.1, 0.15) is 5.69 Å². The molecule has 0 amide bonds. The van der Waals surface area contributed by atoms with Crippen LogP contribution in [0, 0.1) is 0 Å². The standard InChI is InChI=1S/C13H18N4O2S2/c1-17-11(6-7-15-17)10-16-21(18,19)9-8-20-13-5-3-2-4-12(13)14/h2-7,16H,8-10,14H2,1H3. The summed E-state index contributed by atoms with van der Waals surface area (Å²) in [5.74, 6) is 0.499. The van der Waals surface area contributed by atoms with Crippen LogP contribution in [0.3, 0.4) is 0 Å². The van der Waals surface area contributed by atoms with Gasteiger partial charge in [-0.05, 0) is 18.2 Å². The maximum atomic E-state index is 11.9. The van der Waals surface area contributed by atoms with Crippen LogP contribution in [-0.2, 0) is 23.6 Å². The van der Waals surface area contributed by atoms with Gasteiger partial charge in [0.05, 0.1) is 18.0 Å². The molecule has 0 radical (unpaired) electrons. The molecule has 0 spiro atoms. The lowest BCUT2D eigenvalue weighted by Crippen LogP contribution is -2.27. The van der Waals surface area contributed by atoms with Gasteiger partial charge in [0.15, 0.2) is 0 Å². The molecule has 3 N–H and O–H groups in total. The summed E-state index contributed by atoms with van der Waals surface area (Å²) < 4.78 is 28.1. The SMILES string of the molecule is Cn1nccc1CNS(=O)(=O)CCSc1ccccc1N. The molecule has 1 aromatic carbocycles. The van der Waals surface area contributed by atoms with Crippen molar-refractivity contribution in [2.75, 3.05) is 17.2 Å². The number of aryl methyl sites for hydroxylation is 1. The number of nitrogens with zero attached hydrogens (tertiary/aromatic N) is 2. The Morgan fingerprint density at radius 2 is 2.10 bits per heavy atom. The smallest absolute Gasteiger partial charge is 0.212 e. The molecule has 1 heterocycles. The second-order valence-electron chi connectivity index (χ2n) is 4.47. The normalized spacial score (nSPS) is 11.7. The topological polar surface area (TPSA) is 90.0 Å². The average Bonchev–Trinajstić information content (AvgIpc) is 2.84. The number of hydrogen-bond donors (Lipinski definition) is 2. The first-order valence-electron chi connectivity index (χ1n) is 6.39. The molecule has 21 heavy (non-hydrogen) atoms. The van der Waals surface area contributed by atoms with Gasteiger partial charge in [-0.25, -0.2) is 13.1 Å². The zero-order valence-electron chi connectivity index (χ0n) is 11.7. The highest BCUT2D eigenvalue weighted by Crippen LogP contribution is 2.24. The number of hydrogen-bond acceptors (Lipinski definition) is 5. The van der Waals surface area contributed by atoms with Gasteiger partial charge in [-0.2, -0.15) is 5.10 Å². The molecule has 8 heteroatoms. The van der Waals surface area contributed by atoms with E-state index in [1.165, 1.54) is 11.8 Å². The summed E-state index contributed by atoms with van der Waals surface area (Å²) in [5.41, 5.74) is 7.30. The maximum Gasteiger partial charge on any atom is 0.212 e. The van der Waals surface area contributed by atoms with Crippen molar-refractivity contribution in [3.05, 3.63) is 42.2 Å². The Bertz CT molecular complexity index is 698. The molecule has 0 aliphatic carbocycles. The van der Waals surface area contributed by atoms with Gasteiger partial charge in [0.2, 0.25) is 10.0 Å². The highest BCUT2D eigenvalue weighted by atomic mass is 32.2. The number of nitrogen functional groups attached to an aromatic ring is 1. The Labute approximate surface area is 128 Å². The van der Waals surface area contributed by atoms with Crippen molar-refractivity contribution in [1.82, 2.24) is 14.5 Å². The third kappa shape index (κ3) is 4.76. The first-order chi connectivity index (χ1) is 9.98. The molecule has 0 fully saturated rings. The number of aromatic nitrogens is 2. The Morgan fingerprint density at radius 3 is 2.76 bits per heavy atom. The minimum atomic E-state index is -3.31. The van der Waals surface area contributed by atoms with Crippen molar-refractivity contribution in [3.63, 3.8) is 0 Å². The van der Waals surface area contributed by atoms with Crippen LogP contribution in [0.2, 0.25) is 0 Å². The number of para-hydroxylation sites is 1. The van der Waals surface area contributed by atoms with Crippen molar-refractivity contribution in [2.24, 2.45) is 7.05 Å². The third-order valence-electron chi connectivity index (χ3n) is 2.92. The van der Waals surface area contributed by atoms with Crippen LogP contribution in [0.15, 0.2) is 41.4 Å². The number of sulfonamides is 1. The van der Waals surface area contributed by atoms with Crippen LogP contribution in [0.5, 0.6) is 0 Å². The zero-order chi connectivity index (χ0) is 15.3. The van der Waals surface area contributed by atoms with Crippen LogP contribution in [0.25, 0.3) is 0 Å². The number of nitrogens with one attached hydrogen (secondary N) is 1. The lowest BCUT2D eigenvalue weighted by Gasteiger charge is -2.08. The van der Waals surface area contributed by atoms with Gasteiger partial charge in [0, 0.05) is 29.6 Å². The molecule has 0 aliphatic heterocycles. The number of rotatable bonds is 7. The molecule has 0 saturated carbocycles. The summed E-state index contributed by atoms with van der Waals surface area (Å²) in [7, 11) is -1.53. The molecule has 0 bridgehead atoms. The molecule has 0 aliphatic rings. The fourth-order valence-corrected chi connectivity index (χ4v) is 4.06. The van der Waals surface area contributed by atoms with Gasteiger partial charge in [0.25, 0.3) is 0 Å². The Morgan fingerprint density at radius 1 is 1.33 bits per heavy atom. The number of nitrogens with two attached hydrogens (primary N) is 1. The summed E-state index contributed by atoms with van der Waals surface area (Å²) >= 11 is 1.44. The fourth-order valence-electron chi connectivity index (χ4n) is 1.70. The van der Waals surface area contributed by atoms with Crippen molar-refractivity contribution < 1.29 is 8.42 Å².